The summed E-state index contributed by atoms with van der Waals surface area (Å²) in [6, 6.07) is 7.74. The van der Waals surface area contributed by atoms with E-state index in [-0.39, 0.29) is 0 Å². The molecule has 1 aliphatic carbocycles. The highest BCUT2D eigenvalue weighted by atomic mass is 14.0. The van der Waals surface area contributed by atoms with E-state index in [1.54, 1.807) is 0 Å². The summed E-state index contributed by atoms with van der Waals surface area (Å²) in [5.41, 5.74) is 2.92. The Kier molecular flexibility index (Phi) is 2.72. The summed E-state index contributed by atoms with van der Waals surface area (Å²) in [4.78, 5) is 0. The van der Waals surface area contributed by atoms with Crippen LogP contribution in [0.15, 0.2) is 48.1 Å². The molecule has 0 aromatic heterocycles. The zero-order valence-electron chi connectivity index (χ0n) is 8.33. The van der Waals surface area contributed by atoms with Crippen molar-refractivity contribution in [2.45, 2.75) is 6.42 Å². The molecule has 1 aromatic carbocycles. The molecule has 0 saturated heterocycles. The summed E-state index contributed by atoms with van der Waals surface area (Å²) < 4.78 is 0. The van der Waals surface area contributed by atoms with Gasteiger partial charge in [0.1, 0.15) is 0 Å². The van der Waals surface area contributed by atoms with Crippen molar-refractivity contribution in [3.05, 3.63) is 59.2 Å². The molecule has 0 unspecified atom stereocenters. The summed E-state index contributed by atoms with van der Waals surface area (Å²) in [6.45, 7) is 0. The highest BCUT2D eigenvalue weighted by Gasteiger charge is 1.96. The molecule has 0 aliphatic heterocycles. The Morgan fingerprint density at radius 3 is 2.53 bits per heavy atom. The van der Waals surface area contributed by atoms with Gasteiger partial charge in [0.05, 0.1) is 0 Å². The molecule has 0 N–H and O–H groups in total. The van der Waals surface area contributed by atoms with E-state index in [0.717, 1.165) is 23.1 Å². The Morgan fingerprint density at radius 1 is 1.07 bits per heavy atom. The fourth-order valence-corrected chi connectivity index (χ4v) is 1.41. The smallest absolute Gasteiger partial charge is 0.0405 e. The lowest BCUT2D eigenvalue weighted by Crippen LogP contribution is -1.82. The highest BCUT2D eigenvalue weighted by molar-refractivity contribution is 5.52. The van der Waals surface area contributed by atoms with Crippen LogP contribution in [-0.4, -0.2) is 0 Å². The van der Waals surface area contributed by atoms with Crippen LogP contribution in [0.2, 0.25) is 0 Å². The SMILES string of the molecule is C#Cc1ccccc1C#CC1=CC=CC1. The number of allylic oxidation sites excluding steroid dienone is 4. The molecule has 0 nitrogen and oxygen atoms in total. The number of hydrogen-bond donors (Lipinski definition) is 0. The van der Waals surface area contributed by atoms with Crippen molar-refractivity contribution < 1.29 is 0 Å². The molecule has 0 spiro atoms. The first kappa shape index (κ1) is 9.38. The fraction of sp³-hybridized carbons (Fsp3) is 0.0667. The Balaban J connectivity index is 2.28. The van der Waals surface area contributed by atoms with E-state index in [1.807, 2.05) is 36.4 Å². The third-order valence-corrected chi connectivity index (χ3v) is 2.21. The first-order valence-corrected chi connectivity index (χ1v) is 4.83. The van der Waals surface area contributed by atoms with Gasteiger partial charge in [0.2, 0.25) is 0 Å². The lowest BCUT2D eigenvalue weighted by atomic mass is 10.1. The molecule has 0 atom stereocenters. The van der Waals surface area contributed by atoms with Gasteiger partial charge in [0, 0.05) is 16.7 Å². The second-order valence-corrected chi connectivity index (χ2v) is 3.26. The van der Waals surface area contributed by atoms with Crippen LogP contribution < -0.4 is 0 Å². The Bertz CT molecular complexity index is 525. The van der Waals surface area contributed by atoms with Gasteiger partial charge in [-0.05, 0) is 18.6 Å². The lowest BCUT2D eigenvalue weighted by molar-refractivity contribution is 1.36. The second kappa shape index (κ2) is 4.36. The van der Waals surface area contributed by atoms with Crippen molar-refractivity contribution in [2.24, 2.45) is 0 Å². The van der Waals surface area contributed by atoms with Crippen molar-refractivity contribution in [1.82, 2.24) is 0 Å². The fourth-order valence-electron chi connectivity index (χ4n) is 1.41. The highest BCUT2D eigenvalue weighted by Crippen LogP contribution is 2.10. The van der Waals surface area contributed by atoms with Crippen LogP contribution in [0.25, 0.3) is 0 Å². The minimum Gasteiger partial charge on any atom is -0.115 e. The summed E-state index contributed by atoms with van der Waals surface area (Å²) in [7, 11) is 0. The maximum atomic E-state index is 5.39. The molecule has 15 heavy (non-hydrogen) atoms. The average molecular weight is 190 g/mol. The Morgan fingerprint density at radius 2 is 1.87 bits per heavy atom. The van der Waals surface area contributed by atoms with Gasteiger partial charge in [-0.15, -0.1) is 6.42 Å². The third kappa shape index (κ3) is 2.19. The quantitative estimate of drug-likeness (QED) is 0.552. The van der Waals surface area contributed by atoms with Crippen molar-refractivity contribution >= 4 is 0 Å². The van der Waals surface area contributed by atoms with Crippen LogP contribution in [0.3, 0.4) is 0 Å². The van der Waals surface area contributed by atoms with Crippen molar-refractivity contribution in [3.63, 3.8) is 0 Å². The van der Waals surface area contributed by atoms with Crippen LogP contribution >= 0.6 is 0 Å². The number of benzene rings is 1. The molecular weight excluding hydrogens is 180 g/mol. The number of rotatable bonds is 0. The van der Waals surface area contributed by atoms with Crippen molar-refractivity contribution in [1.29, 1.82) is 0 Å². The minimum atomic E-state index is 0.858. The van der Waals surface area contributed by atoms with E-state index in [9.17, 15) is 0 Å². The van der Waals surface area contributed by atoms with Crippen LogP contribution in [0.1, 0.15) is 17.5 Å². The van der Waals surface area contributed by atoms with E-state index in [1.165, 1.54) is 0 Å². The average Bonchev–Trinajstić information content (AvgIpc) is 2.79. The largest absolute Gasteiger partial charge is 0.115 e. The molecule has 0 radical (unpaired) electrons. The van der Waals surface area contributed by atoms with Gasteiger partial charge in [-0.1, -0.05) is 48.1 Å². The van der Waals surface area contributed by atoms with E-state index in [2.05, 4.69) is 23.8 Å². The molecule has 0 heterocycles. The molecule has 0 amide bonds. The van der Waals surface area contributed by atoms with Gasteiger partial charge < -0.3 is 0 Å². The van der Waals surface area contributed by atoms with Crippen LogP contribution in [-0.2, 0) is 0 Å². The lowest BCUT2D eigenvalue weighted by Gasteiger charge is -1.94. The number of terminal acetylenes is 1. The topological polar surface area (TPSA) is 0 Å². The molecule has 70 valence electrons. The maximum absolute atomic E-state index is 5.39. The van der Waals surface area contributed by atoms with Gasteiger partial charge in [0.15, 0.2) is 0 Å². The van der Waals surface area contributed by atoms with Gasteiger partial charge in [-0.3, -0.25) is 0 Å². The molecule has 0 saturated carbocycles. The summed E-state index contributed by atoms with van der Waals surface area (Å²) in [5, 5.41) is 0. The maximum Gasteiger partial charge on any atom is 0.0405 e. The standard InChI is InChI=1S/C15H10/c1-2-14-9-5-6-10-15(14)12-11-13-7-3-4-8-13/h1,3-7,9-10H,8H2. The van der Waals surface area contributed by atoms with Gasteiger partial charge in [0.25, 0.3) is 0 Å². The van der Waals surface area contributed by atoms with Crippen LogP contribution in [0.5, 0.6) is 0 Å². The van der Waals surface area contributed by atoms with E-state index in [0.29, 0.717) is 0 Å². The summed E-state index contributed by atoms with van der Waals surface area (Å²) in [6.07, 6.45) is 12.5. The minimum absolute atomic E-state index is 0.858. The van der Waals surface area contributed by atoms with Crippen molar-refractivity contribution in [2.75, 3.05) is 0 Å². The predicted octanol–water partition coefficient (Wildman–Crippen LogP) is 2.91. The summed E-state index contributed by atoms with van der Waals surface area (Å²) >= 11 is 0. The second-order valence-electron chi connectivity index (χ2n) is 3.26. The van der Waals surface area contributed by atoms with E-state index < -0.39 is 0 Å². The summed E-state index contributed by atoms with van der Waals surface area (Å²) in [5.74, 6) is 8.86. The number of hydrogen-bond acceptors (Lipinski definition) is 0. The first-order chi connectivity index (χ1) is 7.40. The third-order valence-electron chi connectivity index (χ3n) is 2.21. The van der Waals surface area contributed by atoms with Crippen LogP contribution in [0, 0.1) is 24.2 Å². The molecule has 0 fully saturated rings. The van der Waals surface area contributed by atoms with Gasteiger partial charge in [-0.2, -0.15) is 0 Å². The van der Waals surface area contributed by atoms with E-state index >= 15 is 0 Å². The molecule has 1 aromatic rings. The van der Waals surface area contributed by atoms with Crippen LogP contribution in [0.4, 0.5) is 0 Å². The van der Waals surface area contributed by atoms with Gasteiger partial charge in [-0.25, -0.2) is 0 Å². The molecular formula is C15H10. The molecule has 0 heteroatoms. The Labute approximate surface area is 90.3 Å². The first-order valence-electron chi connectivity index (χ1n) is 4.83. The van der Waals surface area contributed by atoms with E-state index in [4.69, 9.17) is 6.42 Å². The Hall–Kier alpha value is -2.18. The normalized spacial score (nSPS) is 12.6. The zero-order chi connectivity index (χ0) is 10.5. The van der Waals surface area contributed by atoms with Gasteiger partial charge >= 0.3 is 0 Å². The monoisotopic (exact) mass is 190 g/mol. The zero-order valence-corrected chi connectivity index (χ0v) is 8.33. The molecule has 0 bridgehead atoms. The molecule has 1 aliphatic rings. The van der Waals surface area contributed by atoms with Crippen molar-refractivity contribution in [3.8, 4) is 24.2 Å². The molecule has 2 rings (SSSR count). The predicted molar refractivity (Wildman–Crippen MR) is 63.1 cm³/mol.